The van der Waals surface area contributed by atoms with Gasteiger partial charge in [-0.05, 0) is 5.56 Å². The van der Waals surface area contributed by atoms with Crippen molar-refractivity contribution in [1.29, 1.82) is 0 Å². The van der Waals surface area contributed by atoms with Crippen LogP contribution in [0.3, 0.4) is 0 Å². The fourth-order valence-electron chi connectivity index (χ4n) is 2.90. The third-order valence-electron chi connectivity index (χ3n) is 4.27. The molecule has 9 heteroatoms. The molecule has 1 N–H and O–H groups in total. The summed E-state index contributed by atoms with van der Waals surface area (Å²) in [5, 5.41) is 18.2. The van der Waals surface area contributed by atoms with Gasteiger partial charge in [0.1, 0.15) is 6.10 Å². The normalized spacial score (nSPS) is 18.0. The van der Waals surface area contributed by atoms with Crippen LogP contribution in [-0.2, 0) is 18.3 Å². The lowest BCUT2D eigenvalue weighted by Crippen LogP contribution is -2.47. The first-order chi connectivity index (χ1) is 12.6. The van der Waals surface area contributed by atoms with Crippen LogP contribution in [0.25, 0.3) is 0 Å². The molecule has 1 unspecified atom stereocenters. The lowest BCUT2D eigenvalue weighted by Gasteiger charge is -2.34. The Balaban J connectivity index is 1.60. The van der Waals surface area contributed by atoms with Gasteiger partial charge in [-0.2, -0.15) is 5.10 Å². The van der Waals surface area contributed by atoms with E-state index in [0.717, 1.165) is 23.6 Å². The molecule has 1 aliphatic heterocycles. The average Bonchev–Trinajstić information content (AvgIpc) is 3.09. The lowest BCUT2D eigenvalue weighted by molar-refractivity contribution is -0.384. The summed E-state index contributed by atoms with van der Waals surface area (Å²) in [4.78, 5) is 16.8. The maximum absolute atomic E-state index is 10.7. The van der Waals surface area contributed by atoms with Crippen molar-refractivity contribution in [3.63, 3.8) is 0 Å². The van der Waals surface area contributed by atoms with Crippen molar-refractivity contribution >= 4 is 11.6 Å². The number of rotatable bonds is 4. The molecule has 1 aliphatic rings. The standard InChI is InChI=1S/C17H22N6O3/c1-18-17(19-9-13-3-5-15(6-4-13)23(24)25)22-7-8-26-16(12-22)14-10-20-21(2)11-14/h3-6,10-11,16H,7-9,12H2,1-2H3,(H,18,19). The Kier molecular flexibility index (Phi) is 5.47. The van der Waals surface area contributed by atoms with Crippen molar-refractivity contribution < 1.29 is 9.66 Å². The largest absolute Gasteiger partial charge is 0.370 e. The number of aliphatic imine (C=N–C) groups is 1. The topological polar surface area (TPSA) is 97.8 Å². The SMILES string of the molecule is CN=C(NCc1ccc([N+](=O)[O-])cc1)N1CCOC(c2cnn(C)c2)C1. The zero-order chi connectivity index (χ0) is 18.5. The number of nitro benzene ring substituents is 1. The molecule has 1 aromatic carbocycles. The Morgan fingerprint density at radius 2 is 2.23 bits per heavy atom. The summed E-state index contributed by atoms with van der Waals surface area (Å²) in [5.41, 5.74) is 2.09. The molecule has 26 heavy (non-hydrogen) atoms. The summed E-state index contributed by atoms with van der Waals surface area (Å²) in [6, 6.07) is 6.51. The van der Waals surface area contributed by atoms with Gasteiger partial charge >= 0.3 is 0 Å². The number of guanidine groups is 1. The van der Waals surface area contributed by atoms with E-state index in [1.165, 1.54) is 12.1 Å². The highest BCUT2D eigenvalue weighted by Gasteiger charge is 2.25. The third-order valence-corrected chi connectivity index (χ3v) is 4.27. The summed E-state index contributed by atoms with van der Waals surface area (Å²) >= 11 is 0. The number of nitro groups is 1. The lowest BCUT2D eigenvalue weighted by atomic mass is 10.1. The van der Waals surface area contributed by atoms with Gasteiger partial charge in [0.25, 0.3) is 5.69 Å². The van der Waals surface area contributed by atoms with E-state index in [0.29, 0.717) is 19.7 Å². The molecule has 2 heterocycles. The van der Waals surface area contributed by atoms with Crippen molar-refractivity contribution in [3.05, 3.63) is 57.9 Å². The van der Waals surface area contributed by atoms with Gasteiger partial charge in [0.05, 0.1) is 24.3 Å². The first-order valence-electron chi connectivity index (χ1n) is 8.36. The van der Waals surface area contributed by atoms with Crippen LogP contribution in [0.1, 0.15) is 17.2 Å². The molecule has 2 aromatic rings. The summed E-state index contributed by atoms with van der Waals surface area (Å²) in [6.45, 7) is 2.58. The summed E-state index contributed by atoms with van der Waals surface area (Å²) in [5.74, 6) is 0.778. The maximum atomic E-state index is 10.7. The van der Waals surface area contributed by atoms with Gasteiger partial charge in [-0.1, -0.05) is 12.1 Å². The molecule has 1 atom stereocenters. The number of ether oxygens (including phenoxy) is 1. The maximum Gasteiger partial charge on any atom is 0.269 e. The fraction of sp³-hybridized carbons (Fsp3) is 0.412. The molecule has 0 bridgehead atoms. The Hall–Kier alpha value is -2.94. The van der Waals surface area contributed by atoms with Crippen molar-refractivity contribution in [2.75, 3.05) is 26.7 Å². The van der Waals surface area contributed by atoms with Gasteiger partial charge in [-0.15, -0.1) is 0 Å². The molecule has 3 rings (SSSR count). The first kappa shape index (κ1) is 17.9. The molecular weight excluding hydrogens is 336 g/mol. The van der Waals surface area contributed by atoms with Gasteiger partial charge in [-0.3, -0.25) is 19.8 Å². The van der Waals surface area contributed by atoms with E-state index in [2.05, 4.69) is 20.3 Å². The van der Waals surface area contributed by atoms with Crippen molar-refractivity contribution in [1.82, 2.24) is 20.0 Å². The Morgan fingerprint density at radius 3 is 2.85 bits per heavy atom. The summed E-state index contributed by atoms with van der Waals surface area (Å²) in [7, 11) is 3.63. The number of nitrogens with zero attached hydrogens (tertiary/aromatic N) is 5. The Labute approximate surface area is 151 Å². The van der Waals surface area contributed by atoms with Crippen LogP contribution in [-0.4, -0.2) is 52.3 Å². The second-order valence-corrected chi connectivity index (χ2v) is 6.08. The molecule has 0 saturated carbocycles. The van der Waals surface area contributed by atoms with Crippen LogP contribution >= 0.6 is 0 Å². The van der Waals surface area contributed by atoms with Gasteiger partial charge in [-0.25, -0.2) is 0 Å². The molecule has 9 nitrogen and oxygen atoms in total. The molecular formula is C17H22N6O3. The second kappa shape index (κ2) is 7.96. The van der Waals surface area contributed by atoms with Crippen LogP contribution < -0.4 is 5.32 Å². The highest BCUT2D eigenvalue weighted by molar-refractivity contribution is 5.80. The zero-order valence-electron chi connectivity index (χ0n) is 14.8. The molecule has 0 amide bonds. The first-order valence-corrected chi connectivity index (χ1v) is 8.36. The highest BCUT2D eigenvalue weighted by atomic mass is 16.6. The third kappa shape index (κ3) is 4.17. The second-order valence-electron chi connectivity index (χ2n) is 6.08. The number of non-ortho nitro benzene ring substituents is 1. The number of aromatic nitrogens is 2. The van der Waals surface area contributed by atoms with Crippen molar-refractivity contribution in [2.24, 2.45) is 12.0 Å². The predicted molar refractivity (Wildman–Crippen MR) is 96.8 cm³/mol. The molecule has 1 saturated heterocycles. The molecule has 1 fully saturated rings. The van der Waals surface area contributed by atoms with E-state index >= 15 is 0 Å². The molecule has 0 radical (unpaired) electrons. The highest BCUT2D eigenvalue weighted by Crippen LogP contribution is 2.21. The smallest absolute Gasteiger partial charge is 0.269 e. The van der Waals surface area contributed by atoms with Gasteiger partial charge in [0.15, 0.2) is 5.96 Å². The predicted octanol–water partition coefficient (Wildman–Crippen LogP) is 1.48. The minimum atomic E-state index is -0.400. The van der Waals surface area contributed by atoms with Crippen LogP contribution in [0.2, 0.25) is 0 Å². The van der Waals surface area contributed by atoms with Crippen LogP contribution in [0.15, 0.2) is 41.7 Å². The van der Waals surface area contributed by atoms with Crippen molar-refractivity contribution in [2.45, 2.75) is 12.6 Å². The number of hydrogen-bond donors (Lipinski definition) is 1. The average molecular weight is 358 g/mol. The quantitative estimate of drug-likeness (QED) is 0.385. The van der Waals surface area contributed by atoms with Crippen LogP contribution in [0, 0.1) is 10.1 Å². The van der Waals surface area contributed by atoms with Gasteiger partial charge < -0.3 is 15.0 Å². The number of nitrogens with one attached hydrogen (secondary N) is 1. The van der Waals surface area contributed by atoms with Crippen LogP contribution in [0.4, 0.5) is 5.69 Å². The van der Waals surface area contributed by atoms with Crippen molar-refractivity contribution in [3.8, 4) is 0 Å². The van der Waals surface area contributed by atoms with E-state index in [1.807, 2.05) is 19.4 Å². The van der Waals surface area contributed by atoms with Crippen LogP contribution in [0.5, 0.6) is 0 Å². The molecule has 138 valence electrons. The van der Waals surface area contributed by atoms with E-state index < -0.39 is 4.92 Å². The zero-order valence-corrected chi connectivity index (χ0v) is 14.8. The number of benzene rings is 1. The summed E-state index contributed by atoms with van der Waals surface area (Å²) < 4.78 is 7.62. The fourth-order valence-corrected chi connectivity index (χ4v) is 2.90. The number of aryl methyl sites for hydroxylation is 1. The summed E-state index contributed by atoms with van der Waals surface area (Å²) in [6.07, 6.45) is 3.73. The van der Waals surface area contributed by atoms with E-state index in [1.54, 1.807) is 23.9 Å². The van der Waals surface area contributed by atoms with E-state index in [-0.39, 0.29) is 11.8 Å². The van der Waals surface area contributed by atoms with E-state index in [9.17, 15) is 10.1 Å². The number of hydrogen-bond acceptors (Lipinski definition) is 5. The minimum Gasteiger partial charge on any atom is -0.370 e. The molecule has 1 aromatic heterocycles. The number of morpholine rings is 1. The molecule has 0 aliphatic carbocycles. The molecule has 0 spiro atoms. The Bertz CT molecular complexity index is 786. The monoisotopic (exact) mass is 358 g/mol. The van der Waals surface area contributed by atoms with Gasteiger partial charge in [0, 0.05) is 51.1 Å². The van der Waals surface area contributed by atoms with Gasteiger partial charge in [0.2, 0.25) is 0 Å². The van der Waals surface area contributed by atoms with E-state index in [4.69, 9.17) is 4.74 Å². The Morgan fingerprint density at radius 1 is 1.46 bits per heavy atom. The minimum absolute atomic E-state index is 0.0459.